The number of amides is 1. The third-order valence-corrected chi connectivity index (χ3v) is 6.90. The Balaban J connectivity index is 1.65. The maximum Gasteiger partial charge on any atom is 0.263 e. The molecule has 0 radical (unpaired) electrons. The van der Waals surface area contributed by atoms with E-state index in [0.717, 1.165) is 23.3 Å². The summed E-state index contributed by atoms with van der Waals surface area (Å²) in [7, 11) is -3.97. The minimum Gasteiger partial charge on any atom is -0.494 e. The topological polar surface area (TPSA) is 84.5 Å². The minimum atomic E-state index is -3.97. The average Bonchev–Trinajstić information content (AvgIpc) is 2.79. The highest BCUT2D eigenvalue weighted by Crippen LogP contribution is 2.26. The molecule has 0 saturated heterocycles. The number of ether oxygens (including phenoxy) is 1. The number of anilines is 1. The first-order valence-corrected chi connectivity index (χ1v) is 12.5. The normalized spacial score (nSPS) is 11.1. The van der Waals surface area contributed by atoms with E-state index in [9.17, 15) is 13.2 Å². The van der Waals surface area contributed by atoms with Crippen LogP contribution in [0.4, 0.5) is 5.69 Å². The Hall–Kier alpha value is -3.03. The van der Waals surface area contributed by atoms with E-state index in [1.165, 1.54) is 18.2 Å². The fourth-order valence-corrected chi connectivity index (χ4v) is 4.98. The van der Waals surface area contributed by atoms with Crippen molar-refractivity contribution in [3.05, 3.63) is 88.4 Å². The van der Waals surface area contributed by atoms with Gasteiger partial charge < -0.3 is 10.1 Å². The van der Waals surface area contributed by atoms with E-state index in [0.29, 0.717) is 25.3 Å². The van der Waals surface area contributed by atoms with Crippen molar-refractivity contribution in [3.8, 4) is 5.75 Å². The van der Waals surface area contributed by atoms with Gasteiger partial charge >= 0.3 is 0 Å². The van der Waals surface area contributed by atoms with Crippen molar-refractivity contribution < 1.29 is 17.9 Å². The Bertz CT molecular complexity index is 1230. The number of benzene rings is 3. The van der Waals surface area contributed by atoms with Gasteiger partial charge in [-0.3, -0.25) is 9.52 Å². The molecule has 33 heavy (non-hydrogen) atoms. The summed E-state index contributed by atoms with van der Waals surface area (Å²) in [4.78, 5) is 12.5. The lowest BCUT2D eigenvalue weighted by Gasteiger charge is -2.13. The number of carbonyl (C=O) groups excluding carboxylic acids is 1. The maximum atomic E-state index is 12.9. The lowest BCUT2D eigenvalue weighted by molar-refractivity contribution is 0.0953. The zero-order valence-corrected chi connectivity index (χ0v) is 20.2. The average molecular weight is 487 g/mol. The van der Waals surface area contributed by atoms with Crippen LogP contribution in [0.3, 0.4) is 0 Å². The molecule has 0 aliphatic rings. The predicted octanol–water partition coefficient (Wildman–Crippen LogP) is 5.21. The molecule has 3 aromatic rings. The Morgan fingerprint density at radius 1 is 1.03 bits per heavy atom. The molecule has 3 aromatic carbocycles. The summed E-state index contributed by atoms with van der Waals surface area (Å²) < 4.78 is 34.0. The fraction of sp³-hybridized carbons (Fsp3) is 0.240. The SMILES string of the molecule is CCOc1ccccc1CCCNC(=O)c1ccc(Cl)c(S(=O)(=O)Nc2ccccc2C)c1. The van der Waals surface area contributed by atoms with Crippen molar-refractivity contribution in [3.63, 3.8) is 0 Å². The first-order valence-electron chi connectivity index (χ1n) is 10.7. The van der Waals surface area contributed by atoms with Gasteiger partial charge in [-0.1, -0.05) is 48.0 Å². The molecule has 0 aromatic heterocycles. The standard InChI is InChI=1S/C25H27ClN2O4S/c1-3-32-23-13-7-5-10-19(23)11-8-16-27-25(29)20-14-15-21(26)24(17-20)33(30,31)28-22-12-6-4-9-18(22)2/h4-7,9-10,12-15,17,28H,3,8,11,16H2,1-2H3,(H,27,29). The number of rotatable bonds is 10. The highest BCUT2D eigenvalue weighted by molar-refractivity contribution is 7.92. The van der Waals surface area contributed by atoms with Crippen LogP contribution in [0.25, 0.3) is 0 Å². The zero-order valence-electron chi connectivity index (χ0n) is 18.6. The molecule has 174 valence electrons. The molecular weight excluding hydrogens is 460 g/mol. The van der Waals surface area contributed by atoms with Crippen LogP contribution in [0, 0.1) is 6.92 Å². The summed E-state index contributed by atoms with van der Waals surface area (Å²) in [5, 5.41) is 2.88. The van der Waals surface area contributed by atoms with E-state index in [1.807, 2.05) is 37.3 Å². The van der Waals surface area contributed by atoms with Gasteiger partial charge in [0.15, 0.2) is 0 Å². The van der Waals surface area contributed by atoms with E-state index in [1.54, 1.807) is 25.1 Å². The van der Waals surface area contributed by atoms with Gasteiger partial charge in [0.1, 0.15) is 10.6 Å². The molecule has 0 fully saturated rings. The van der Waals surface area contributed by atoms with Crippen LogP contribution in [0.5, 0.6) is 5.75 Å². The predicted molar refractivity (Wildman–Crippen MR) is 132 cm³/mol. The molecular formula is C25H27ClN2O4S. The van der Waals surface area contributed by atoms with E-state index >= 15 is 0 Å². The number of halogens is 1. The van der Waals surface area contributed by atoms with Crippen LogP contribution in [-0.2, 0) is 16.4 Å². The van der Waals surface area contributed by atoms with Gasteiger partial charge in [0.25, 0.3) is 15.9 Å². The van der Waals surface area contributed by atoms with Gasteiger partial charge in [-0.2, -0.15) is 0 Å². The van der Waals surface area contributed by atoms with Gasteiger partial charge in [0, 0.05) is 12.1 Å². The highest BCUT2D eigenvalue weighted by atomic mass is 35.5. The van der Waals surface area contributed by atoms with E-state index < -0.39 is 10.0 Å². The monoisotopic (exact) mass is 486 g/mol. The second kappa shape index (κ2) is 11.2. The van der Waals surface area contributed by atoms with Gasteiger partial charge in [0.05, 0.1) is 17.3 Å². The number of carbonyl (C=O) groups is 1. The zero-order chi connectivity index (χ0) is 23.8. The summed E-state index contributed by atoms with van der Waals surface area (Å²) in [5.74, 6) is 0.483. The molecule has 6 nitrogen and oxygen atoms in total. The third kappa shape index (κ3) is 6.49. The van der Waals surface area contributed by atoms with Crippen molar-refractivity contribution in [2.75, 3.05) is 17.9 Å². The van der Waals surface area contributed by atoms with Crippen LogP contribution >= 0.6 is 11.6 Å². The Labute approximate surface area is 200 Å². The number of hydrogen-bond donors (Lipinski definition) is 2. The molecule has 1 amide bonds. The number of nitrogens with one attached hydrogen (secondary N) is 2. The Kier molecular flexibility index (Phi) is 8.36. The lowest BCUT2D eigenvalue weighted by atomic mass is 10.1. The fourth-order valence-electron chi connectivity index (χ4n) is 3.33. The summed E-state index contributed by atoms with van der Waals surface area (Å²) in [5.41, 5.74) is 2.53. The molecule has 0 heterocycles. The highest BCUT2D eigenvalue weighted by Gasteiger charge is 2.21. The van der Waals surface area contributed by atoms with Crippen LogP contribution in [0.1, 0.15) is 34.8 Å². The number of sulfonamides is 1. The molecule has 0 aliphatic heterocycles. The van der Waals surface area contributed by atoms with E-state index in [4.69, 9.17) is 16.3 Å². The summed E-state index contributed by atoms with van der Waals surface area (Å²) in [6.45, 7) is 4.77. The van der Waals surface area contributed by atoms with Crippen LogP contribution in [0.15, 0.2) is 71.6 Å². The largest absolute Gasteiger partial charge is 0.494 e. The maximum absolute atomic E-state index is 12.9. The van der Waals surface area contributed by atoms with Crippen molar-refractivity contribution in [2.24, 2.45) is 0 Å². The van der Waals surface area contributed by atoms with Crippen molar-refractivity contribution >= 4 is 33.2 Å². The van der Waals surface area contributed by atoms with Gasteiger partial charge in [-0.25, -0.2) is 8.42 Å². The number of hydrogen-bond acceptors (Lipinski definition) is 4. The Morgan fingerprint density at radius 3 is 2.52 bits per heavy atom. The van der Waals surface area contributed by atoms with Crippen molar-refractivity contribution in [2.45, 2.75) is 31.6 Å². The first kappa shape index (κ1) is 24.6. The number of aryl methyl sites for hydroxylation is 2. The quantitative estimate of drug-likeness (QED) is 0.385. The van der Waals surface area contributed by atoms with Crippen LogP contribution in [-0.4, -0.2) is 27.5 Å². The molecule has 0 bridgehead atoms. The molecule has 0 unspecified atom stereocenters. The molecule has 2 N–H and O–H groups in total. The van der Waals surface area contributed by atoms with Crippen LogP contribution in [0.2, 0.25) is 5.02 Å². The summed E-state index contributed by atoms with van der Waals surface area (Å²) in [6.07, 6.45) is 1.46. The van der Waals surface area contributed by atoms with Crippen LogP contribution < -0.4 is 14.8 Å². The molecule has 0 aliphatic carbocycles. The van der Waals surface area contributed by atoms with E-state index in [2.05, 4.69) is 10.0 Å². The second-order valence-electron chi connectivity index (χ2n) is 7.47. The smallest absolute Gasteiger partial charge is 0.263 e. The number of para-hydroxylation sites is 2. The van der Waals surface area contributed by atoms with Crippen molar-refractivity contribution in [1.29, 1.82) is 0 Å². The first-order chi connectivity index (χ1) is 15.8. The van der Waals surface area contributed by atoms with Gasteiger partial charge in [-0.05, 0) is 68.1 Å². The molecule has 0 spiro atoms. The molecule has 0 saturated carbocycles. The Morgan fingerprint density at radius 2 is 1.76 bits per heavy atom. The van der Waals surface area contributed by atoms with Gasteiger partial charge in [-0.15, -0.1) is 0 Å². The third-order valence-electron chi connectivity index (χ3n) is 5.05. The summed E-state index contributed by atoms with van der Waals surface area (Å²) in [6, 6.07) is 19.1. The lowest BCUT2D eigenvalue weighted by Crippen LogP contribution is -2.25. The molecule has 3 rings (SSSR count). The van der Waals surface area contributed by atoms with Gasteiger partial charge in [0.2, 0.25) is 0 Å². The molecule has 8 heteroatoms. The summed E-state index contributed by atoms with van der Waals surface area (Å²) >= 11 is 6.16. The molecule has 0 atom stereocenters. The van der Waals surface area contributed by atoms with E-state index in [-0.39, 0.29) is 21.4 Å². The minimum absolute atomic E-state index is 0.0418. The second-order valence-corrected chi connectivity index (χ2v) is 9.52. The van der Waals surface area contributed by atoms with Crippen molar-refractivity contribution in [1.82, 2.24) is 5.32 Å².